The zero-order chi connectivity index (χ0) is 17.7. The first-order valence-corrected chi connectivity index (χ1v) is 8.10. The van der Waals surface area contributed by atoms with E-state index in [1.165, 1.54) is 0 Å². The first kappa shape index (κ1) is 18.1. The van der Waals surface area contributed by atoms with Gasteiger partial charge in [0.2, 0.25) is 17.6 Å². The highest BCUT2D eigenvalue weighted by molar-refractivity contribution is 5.76. The lowest BCUT2D eigenvalue weighted by Crippen LogP contribution is -2.35. The molecule has 2 heterocycles. The van der Waals surface area contributed by atoms with Crippen LogP contribution in [-0.4, -0.2) is 32.2 Å². The van der Waals surface area contributed by atoms with E-state index in [4.69, 9.17) is 4.52 Å². The summed E-state index contributed by atoms with van der Waals surface area (Å²) in [5.41, 5.74) is 0.747. The van der Waals surface area contributed by atoms with Crippen molar-refractivity contribution in [3.8, 4) is 11.4 Å². The van der Waals surface area contributed by atoms with Gasteiger partial charge in [0.1, 0.15) is 6.04 Å². The number of pyridine rings is 1. The van der Waals surface area contributed by atoms with E-state index in [2.05, 4.69) is 20.4 Å². The lowest BCUT2D eigenvalue weighted by Gasteiger charge is -2.20. The summed E-state index contributed by atoms with van der Waals surface area (Å²) in [5.74, 6) is 0.619. The Bertz CT molecular complexity index is 655. The van der Waals surface area contributed by atoms with Crippen LogP contribution in [0.25, 0.3) is 11.4 Å². The second-order valence-corrected chi connectivity index (χ2v) is 6.50. The normalized spacial score (nSPS) is 14.0. The minimum absolute atomic E-state index is 0.0221. The number of aliphatic hydroxyl groups is 1. The Balaban J connectivity index is 2.11. The van der Waals surface area contributed by atoms with Gasteiger partial charge in [0.25, 0.3) is 0 Å². The lowest BCUT2D eigenvalue weighted by molar-refractivity contribution is -0.124. The largest absolute Gasteiger partial charge is 0.392 e. The van der Waals surface area contributed by atoms with E-state index in [-0.39, 0.29) is 24.2 Å². The molecule has 0 bridgehead atoms. The van der Waals surface area contributed by atoms with Gasteiger partial charge in [0.15, 0.2) is 0 Å². The lowest BCUT2D eigenvalue weighted by atomic mass is 10.0. The molecule has 2 rings (SSSR count). The van der Waals surface area contributed by atoms with Crippen LogP contribution in [0.1, 0.15) is 46.0 Å². The fourth-order valence-electron chi connectivity index (χ4n) is 2.15. The SMILES string of the molecule is CC(C)C(O)CC(=O)NC(c1nc(-c2cccnc2)no1)C(C)C. The third kappa shape index (κ3) is 4.61. The molecule has 24 heavy (non-hydrogen) atoms. The number of nitrogens with one attached hydrogen (secondary N) is 1. The maximum atomic E-state index is 12.2. The first-order chi connectivity index (χ1) is 11.4. The minimum Gasteiger partial charge on any atom is -0.392 e. The second-order valence-electron chi connectivity index (χ2n) is 6.50. The molecule has 0 aromatic carbocycles. The smallest absolute Gasteiger partial charge is 0.249 e. The van der Waals surface area contributed by atoms with Crippen molar-refractivity contribution >= 4 is 5.91 Å². The van der Waals surface area contributed by atoms with Crippen molar-refractivity contribution in [1.29, 1.82) is 0 Å². The van der Waals surface area contributed by atoms with Gasteiger partial charge in [-0.3, -0.25) is 9.78 Å². The van der Waals surface area contributed by atoms with E-state index in [1.54, 1.807) is 18.5 Å². The zero-order valence-electron chi connectivity index (χ0n) is 14.4. The third-order valence-corrected chi connectivity index (χ3v) is 3.77. The summed E-state index contributed by atoms with van der Waals surface area (Å²) in [7, 11) is 0. The molecule has 2 N–H and O–H groups in total. The molecule has 0 spiro atoms. The van der Waals surface area contributed by atoms with Crippen molar-refractivity contribution in [3.63, 3.8) is 0 Å². The van der Waals surface area contributed by atoms with Crippen molar-refractivity contribution in [2.24, 2.45) is 11.8 Å². The quantitative estimate of drug-likeness (QED) is 0.807. The number of hydrogen-bond acceptors (Lipinski definition) is 6. The molecule has 0 radical (unpaired) electrons. The summed E-state index contributed by atoms with van der Waals surface area (Å²) in [6, 6.07) is 3.22. The van der Waals surface area contributed by atoms with E-state index in [9.17, 15) is 9.90 Å². The minimum atomic E-state index is -0.675. The van der Waals surface area contributed by atoms with Gasteiger partial charge >= 0.3 is 0 Å². The van der Waals surface area contributed by atoms with Crippen molar-refractivity contribution in [3.05, 3.63) is 30.4 Å². The molecule has 0 saturated heterocycles. The van der Waals surface area contributed by atoms with Crippen molar-refractivity contribution in [2.45, 2.75) is 46.3 Å². The molecule has 2 unspecified atom stereocenters. The number of carbonyl (C=O) groups excluding carboxylic acids is 1. The standard InChI is InChI=1S/C17H24N4O3/c1-10(2)13(22)8-14(23)19-15(11(3)4)17-20-16(21-24-17)12-6-5-7-18-9-12/h5-7,9-11,13,15,22H,8H2,1-4H3,(H,19,23). The Morgan fingerprint density at radius 3 is 2.62 bits per heavy atom. The number of amides is 1. The van der Waals surface area contributed by atoms with Gasteiger partial charge in [-0.05, 0) is 24.0 Å². The van der Waals surface area contributed by atoms with E-state index in [1.807, 2.05) is 33.8 Å². The van der Waals surface area contributed by atoms with E-state index in [0.29, 0.717) is 11.7 Å². The second kappa shape index (κ2) is 8.01. The van der Waals surface area contributed by atoms with E-state index >= 15 is 0 Å². The van der Waals surface area contributed by atoms with Crippen molar-refractivity contribution < 1.29 is 14.4 Å². The molecule has 0 saturated carbocycles. The average Bonchev–Trinajstić information content (AvgIpc) is 3.02. The van der Waals surface area contributed by atoms with Crippen LogP contribution in [0.2, 0.25) is 0 Å². The fraction of sp³-hybridized carbons (Fsp3) is 0.529. The van der Waals surface area contributed by atoms with E-state index < -0.39 is 12.1 Å². The molecular weight excluding hydrogens is 308 g/mol. The number of aliphatic hydroxyl groups excluding tert-OH is 1. The molecule has 2 aromatic heterocycles. The molecule has 7 heteroatoms. The highest BCUT2D eigenvalue weighted by atomic mass is 16.5. The van der Waals surface area contributed by atoms with Crippen LogP contribution in [0.5, 0.6) is 0 Å². The number of carbonyl (C=O) groups is 1. The van der Waals surface area contributed by atoms with Gasteiger partial charge < -0.3 is 14.9 Å². The Labute approximate surface area is 141 Å². The number of rotatable bonds is 7. The van der Waals surface area contributed by atoms with Crippen molar-refractivity contribution in [1.82, 2.24) is 20.4 Å². The van der Waals surface area contributed by atoms with Crippen LogP contribution in [0.4, 0.5) is 0 Å². The number of hydrogen-bond donors (Lipinski definition) is 2. The van der Waals surface area contributed by atoms with Gasteiger partial charge in [0, 0.05) is 18.0 Å². The highest BCUT2D eigenvalue weighted by Gasteiger charge is 2.26. The van der Waals surface area contributed by atoms with Crippen LogP contribution in [0.3, 0.4) is 0 Å². The molecule has 7 nitrogen and oxygen atoms in total. The van der Waals surface area contributed by atoms with Crippen LogP contribution in [-0.2, 0) is 4.79 Å². The summed E-state index contributed by atoms with van der Waals surface area (Å²) in [5, 5.41) is 16.7. The Morgan fingerprint density at radius 2 is 2.04 bits per heavy atom. The summed E-state index contributed by atoms with van der Waals surface area (Å²) in [6.45, 7) is 7.65. The van der Waals surface area contributed by atoms with Crippen LogP contribution in [0.15, 0.2) is 29.0 Å². The topological polar surface area (TPSA) is 101 Å². The maximum absolute atomic E-state index is 12.2. The predicted molar refractivity (Wildman–Crippen MR) is 88.7 cm³/mol. The van der Waals surface area contributed by atoms with Crippen LogP contribution < -0.4 is 5.32 Å². The fourth-order valence-corrected chi connectivity index (χ4v) is 2.15. The Kier molecular flexibility index (Phi) is 6.03. The van der Waals surface area contributed by atoms with Gasteiger partial charge in [0.05, 0.1) is 12.5 Å². The summed E-state index contributed by atoms with van der Waals surface area (Å²) in [6.07, 6.45) is 2.69. The van der Waals surface area contributed by atoms with E-state index in [0.717, 1.165) is 5.56 Å². The van der Waals surface area contributed by atoms with Gasteiger partial charge in [-0.2, -0.15) is 4.98 Å². The van der Waals surface area contributed by atoms with Crippen molar-refractivity contribution in [2.75, 3.05) is 0 Å². The third-order valence-electron chi connectivity index (χ3n) is 3.77. The number of aromatic nitrogens is 3. The van der Waals surface area contributed by atoms with Crippen LogP contribution in [0, 0.1) is 11.8 Å². The monoisotopic (exact) mass is 332 g/mol. The van der Waals surface area contributed by atoms with Gasteiger partial charge in [-0.15, -0.1) is 0 Å². The molecular formula is C17H24N4O3. The molecule has 2 aromatic rings. The maximum Gasteiger partial charge on any atom is 0.249 e. The Morgan fingerprint density at radius 1 is 1.29 bits per heavy atom. The summed E-state index contributed by atoms with van der Waals surface area (Å²) >= 11 is 0. The number of nitrogens with zero attached hydrogens (tertiary/aromatic N) is 3. The molecule has 1 amide bonds. The zero-order valence-corrected chi connectivity index (χ0v) is 14.4. The summed E-state index contributed by atoms with van der Waals surface area (Å²) < 4.78 is 5.33. The van der Waals surface area contributed by atoms with Gasteiger partial charge in [-0.25, -0.2) is 0 Å². The predicted octanol–water partition coefficient (Wildman–Crippen LogP) is 2.35. The highest BCUT2D eigenvalue weighted by Crippen LogP contribution is 2.23. The Hall–Kier alpha value is -2.28. The molecule has 0 aliphatic rings. The average molecular weight is 332 g/mol. The summed E-state index contributed by atoms with van der Waals surface area (Å²) in [4.78, 5) is 20.6. The molecule has 0 fully saturated rings. The van der Waals surface area contributed by atoms with Crippen LogP contribution >= 0.6 is 0 Å². The molecule has 0 aliphatic carbocycles. The first-order valence-electron chi connectivity index (χ1n) is 8.10. The van der Waals surface area contributed by atoms with Gasteiger partial charge in [-0.1, -0.05) is 32.9 Å². The molecule has 0 aliphatic heterocycles. The molecule has 130 valence electrons. The molecule has 2 atom stereocenters.